The first-order valence-corrected chi connectivity index (χ1v) is 5.36. The molecule has 0 spiro atoms. The maximum Gasteiger partial charge on any atom is 0.250 e. The summed E-state index contributed by atoms with van der Waals surface area (Å²) in [5, 5.41) is 0. The van der Waals surface area contributed by atoms with Crippen LogP contribution in [0.5, 0.6) is 0 Å². The first-order valence-electron chi connectivity index (χ1n) is 5.36. The first kappa shape index (κ1) is 10.9. The van der Waals surface area contributed by atoms with E-state index in [9.17, 15) is 4.79 Å². The van der Waals surface area contributed by atoms with Gasteiger partial charge in [-0.15, -0.1) is 0 Å². The van der Waals surface area contributed by atoms with Crippen LogP contribution in [0.15, 0.2) is 18.5 Å². The highest BCUT2D eigenvalue weighted by molar-refractivity contribution is 5.98. The summed E-state index contributed by atoms with van der Waals surface area (Å²) in [6, 6.07) is 1.68. The van der Waals surface area contributed by atoms with Gasteiger partial charge in [0, 0.05) is 32.4 Å². The third-order valence-electron chi connectivity index (χ3n) is 2.91. The Morgan fingerprint density at radius 2 is 2.06 bits per heavy atom. The Morgan fingerprint density at radius 3 is 2.69 bits per heavy atom. The van der Waals surface area contributed by atoms with E-state index < -0.39 is 5.91 Å². The Hall–Kier alpha value is -1.62. The van der Waals surface area contributed by atoms with Gasteiger partial charge in [0.05, 0.1) is 17.4 Å². The van der Waals surface area contributed by atoms with Gasteiger partial charge in [-0.25, -0.2) is 0 Å². The molecule has 86 valence electrons. The molecule has 2 N–H and O–H groups in total. The van der Waals surface area contributed by atoms with Gasteiger partial charge in [0.1, 0.15) is 0 Å². The van der Waals surface area contributed by atoms with Gasteiger partial charge in [-0.05, 0) is 13.1 Å². The number of piperazine rings is 1. The number of carbonyl (C=O) groups is 1. The van der Waals surface area contributed by atoms with Gasteiger partial charge in [-0.1, -0.05) is 0 Å². The van der Waals surface area contributed by atoms with E-state index in [2.05, 4.69) is 21.8 Å². The van der Waals surface area contributed by atoms with E-state index >= 15 is 0 Å². The van der Waals surface area contributed by atoms with Crippen LogP contribution in [-0.2, 0) is 0 Å². The van der Waals surface area contributed by atoms with E-state index in [0.717, 1.165) is 31.9 Å². The monoisotopic (exact) mass is 220 g/mol. The highest BCUT2D eigenvalue weighted by atomic mass is 16.1. The van der Waals surface area contributed by atoms with E-state index in [0.29, 0.717) is 5.56 Å². The molecule has 2 rings (SSSR count). The summed E-state index contributed by atoms with van der Waals surface area (Å²) in [5.74, 6) is -0.392. The van der Waals surface area contributed by atoms with Crippen molar-refractivity contribution in [3.8, 4) is 0 Å². The van der Waals surface area contributed by atoms with Crippen LogP contribution in [0.3, 0.4) is 0 Å². The lowest BCUT2D eigenvalue weighted by atomic mass is 10.2. The van der Waals surface area contributed by atoms with Gasteiger partial charge < -0.3 is 15.5 Å². The molecule has 5 heteroatoms. The molecule has 0 aliphatic carbocycles. The maximum atomic E-state index is 11.3. The van der Waals surface area contributed by atoms with Crippen molar-refractivity contribution in [2.75, 3.05) is 38.1 Å². The van der Waals surface area contributed by atoms with Crippen LogP contribution in [0.25, 0.3) is 0 Å². The number of hydrogen-bond donors (Lipinski definition) is 1. The van der Waals surface area contributed by atoms with Crippen molar-refractivity contribution in [1.82, 2.24) is 9.88 Å². The molecule has 0 bridgehead atoms. The van der Waals surface area contributed by atoms with Crippen LogP contribution in [0.4, 0.5) is 5.69 Å². The lowest BCUT2D eigenvalue weighted by molar-refractivity contribution is 0.100. The molecule has 0 aromatic carbocycles. The zero-order valence-corrected chi connectivity index (χ0v) is 9.39. The summed E-state index contributed by atoms with van der Waals surface area (Å²) < 4.78 is 0. The third kappa shape index (κ3) is 2.14. The third-order valence-corrected chi connectivity index (χ3v) is 2.91. The highest BCUT2D eigenvalue weighted by Crippen LogP contribution is 2.19. The fourth-order valence-electron chi connectivity index (χ4n) is 1.89. The largest absolute Gasteiger partial charge is 0.367 e. The van der Waals surface area contributed by atoms with E-state index in [1.54, 1.807) is 18.5 Å². The van der Waals surface area contributed by atoms with Crippen LogP contribution in [0.2, 0.25) is 0 Å². The van der Waals surface area contributed by atoms with Gasteiger partial charge in [0.2, 0.25) is 0 Å². The van der Waals surface area contributed by atoms with Crippen molar-refractivity contribution >= 4 is 11.6 Å². The van der Waals surface area contributed by atoms with Gasteiger partial charge in [-0.2, -0.15) is 0 Å². The molecule has 5 nitrogen and oxygen atoms in total. The van der Waals surface area contributed by atoms with Gasteiger partial charge in [0.15, 0.2) is 0 Å². The average Bonchev–Trinajstić information content (AvgIpc) is 2.30. The van der Waals surface area contributed by atoms with Crippen molar-refractivity contribution in [1.29, 1.82) is 0 Å². The van der Waals surface area contributed by atoms with E-state index in [1.165, 1.54) is 0 Å². The second-order valence-electron chi connectivity index (χ2n) is 4.05. The van der Waals surface area contributed by atoms with Crippen molar-refractivity contribution < 1.29 is 4.79 Å². The summed E-state index contributed by atoms with van der Waals surface area (Å²) in [5.41, 5.74) is 6.75. The number of likely N-dealkylation sites (N-methyl/N-ethyl adjacent to an activating group) is 1. The van der Waals surface area contributed by atoms with E-state index in [1.807, 2.05) is 0 Å². The van der Waals surface area contributed by atoms with Crippen LogP contribution < -0.4 is 10.6 Å². The Kier molecular flexibility index (Phi) is 3.05. The second-order valence-corrected chi connectivity index (χ2v) is 4.05. The molecule has 1 aromatic rings. The summed E-state index contributed by atoms with van der Waals surface area (Å²) in [7, 11) is 2.09. The zero-order chi connectivity index (χ0) is 11.5. The summed E-state index contributed by atoms with van der Waals surface area (Å²) >= 11 is 0. The molecule has 2 heterocycles. The minimum atomic E-state index is -0.392. The molecule has 1 saturated heterocycles. The number of nitrogens with two attached hydrogens (primary N) is 1. The first-order chi connectivity index (χ1) is 7.68. The number of hydrogen-bond acceptors (Lipinski definition) is 4. The standard InChI is InChI=1S/C11H16N4O/c1-14-4-6-15(7-5-14)10-8-13-3-2-9(10)11(12)16/h2-3,8H,4-7H2,1H3,(H2,12,16). The Labute approximate surface area is 94.9 Å². The number of carbonyl (C=O) groups excluding carboxylic acids is 1. The molecule has 1 amide bonds. The molecule has 1 aromatic heterocycles. The minimum absolute atomic E-state index is 0.392. The number of nitrogens with zero attached hydrogens (tertiary/aromatic N) is 3. The van der Waals surface area contributed by atoms with Crippen molar-refractivity contribution in [2.24, 2.45) is 5.73 Å². The number of anilines is 1. The minimum Gasteiger partial charge on any atom is -0.367 e. The fraction of sp³-hybridized carbons (Fsp3) is 0.455. The predicted molar refractivity (Wildman–Crippen MR) is 62.5 cm³/mol. The number of rotatable bonds is 2. The molecule has 0 atom stereocenters. The van der Waals surface area contributed by atoms with E-state index in [-0.39, 0.29) is 0 Å². The van der Waals surface area contributed by atoms with Crippen LogP contribution in [0, 0.1) is 0 Å². The Balaban J connectivity index is 2.23. The summed E-state index contributed by atoms with van der Waals surface area (Å²) in [6.07, 6.45) is 3.31. The normalized spacial score (nSPS) is 17.4. The second kappa shape index (κ2) is 4.49. The Morgan fingerprint density at radius 1 is 1.38 bits per heavy atom. The van der Waals surface area contributed by atoms with Crippen LogP contribution >= 0.6 is 0 Å². The predicted octanol–water partition coefficient (Wildman–Crippen LogP) is -0.0677. The van der Waals surface area contributed by atoms with Crippen LogP contribution in [0.1, 0.15) is 10.4 Å². The van der Waals surface area contributed by atoms with Crippen molar-refractivity contribution in [2.45, 2.75) is 0 Å². The fourth-order valence-corrected chi connectivity index (χ4v) is 1.89. The number of pyridine rings is 1. The quantitative estimate of drug-likeness (QED) is 0.758. The molecule has 0 radical (unpaired) electrons. The number of primary amides is 1. The number of aromatic nitrogens is 1. The molecule has 16 heavy (non-hydrogen) atoms. The Bertz CT molecular complexity index is 385. The summed E-state index contributed by atoms with van der Waals surface area (Å²) in [6.45, 7) is 3.80. The average molecular weight is 220 g/mol. The molecular weight excluding hydrogens is 204 g/mol. The lowest BCUT2D eigenvalue weighted by Crippen LogP contribution is -2.45. The molecule has 0 unspecified atom stereocenters. The van der Waals surface area contributed by atoms with Gasteiger partial charge in [0.25, 0.3) is 5.91 Å². The maximum absolute atomic E-state index is 11.3. The molecule has 1 aliphatic rings. The smallest absolute Gasteiger partial charge is 0.250 e. The zero-order valence-electron chi connectivity index (χ0n) is 9.39. The topological polar surface area (TPSA) is 62.5 Å². The molecule has 0 saturated carbocycles. The lowest BCUT2D eigenvalue weighted by Gasteiger charge is -2.34. The SMILES string of the molecule is CN1CCN(c2cnccc2C(N)=O)CC1. The van der Waals surface area contributed by atoms with Crippen molar-refractivity contribution in [3.63, 3.8) is 0 Å². The summed E-state index contributed by atoms with van der Waals surface area (Å²) in [4.78, 5) is 19.8. The van der Waals surface area contributed by atoms with Crippen LogP contribution in [-0.4, -0.2) is 49.0 Å². The molecule has 1 fully saturated rings. The molecular formula is C11H16N4O. The number of amides is 1. The van der Waals surface area contributed by atoms with Crippen molar-refractivity contribution in [3.05, 3.63) is 24.0 Å². The van der Waals surface area contributed by atoms with Gasteiger partial charge in [-0.3, -0.25) is 9.78 Å². The van der Waals surface area contributed by atoms with Gasteiger partial charge >= 0.3 is 0 Å². The van der Waals surface area contributed by atoms with E-state index in [4.69, 9.17) is 5.73 Å². The highest BCUT2D eigenvalue weighted by Gasteiger charge is 2.18. The molecule has 1 aliphatic heterocycles.